The van der Waals surface area contributed by atoms with E-state index < -0.39 is 0 Å². The van der Waals surface area contributed by atoms with Gasteiger partial charge in [-0.15, -0.1) is 0 Å². The van der Waals surface area contributed by atoms with Crippen LogP contribution in [-0.4, -0.2) is 63.9 Å². The second-order valence-electron chi connectivity index (χ2n) is 9.63. The molecule has 3 aliphatic heterocycles. The fourth-order valence-electron chi connectivity index (χ4n) is 5.82. The number of piperidine rings is 2. The van der Waals surface area contributed by atoms with Gasteiger partial charge in [-0.1, -0.05) is 36.8 Å². The molecule has 5 rings (SSSR count). The van der Waals surface area contributed by atoms with Crippen LogP contribution in [0.2, 0.25) is 0 Å². The van der Waals surface area contributed by atoms with Crippen molar-refractivity contribution in [2.24, 2.45) is 7.05 Å². The van der Waals surface area contributed by atoms with E-state index in [0.29, 0.717) is 6.04 Å². The molecule has 0 unspecified atom stereocenters. The van der Waals surface area contributed by atoms with Crippen molar-refractivity contribution < 1.29 is 4.79 Å². The molecule has 1 aromatic heterocycles. The molecule has 0 N–H and O–H groups in total. The molecule has 0 spiro atoms. The lowest BCUT2D eigenvalue weighted by Crippen LogP contribution is -2.48. The lowest BCUT2D eigenvalue weighted by Gasteiger charge is -2.40. The zero-order chi connectivity index (χ0) is 21.2. The fourth-order valence-corrected chi connectivity index (χ4v) is 5.82. The Balaban J connectivity index is 1.22. The molecule has 0 saturated carbocycles. The van der Waals surface area contributed by atoms with Crippen LogP contribution in [-0.2, 0) is 26.6 Å². The predicted molar refractivity (Wildman–Crippen MR) is 124 cm³/mol. The van der Waals surface area contributed by atoms with E-state index >= 15 is 0 Å². The second kappa shape index (κ2) is 9.17. The van der Waals surface area contributed by atoms with E-state index in [1.54, 1.807) is 0 Å². The molecule has 2 fully saturated rings. The molecule has 31 heavy (non-hydrogen) atoms. The third-order valence-electron chi connectivity index (χ3n) is 7.63. The van der Waals surface area contributed by atoms with Gasteiger partial charge in [-0.25, -0.2) is 0 Å². The second-order valence-corrected chi connectivity index (χ2v) is 9.63. The summed E-state index contributed by atoms with van der Waals surface area (Å²) >= 11 is 0. The van der Waals surface area contributed by atoms with Crippen LogP contribution in [0, 0.1) is 0 Å². The number of nitrogens with zero attached hydrogens (tertiary/aromatic N) is 4. The number of likely N-dealkylation sites (tertiary alicyclic amines) is 2. The van der Waals surface area contributed by atoms with Gasteiger partial charge in [0.2, 0.25) is 0 Å². The van der Waals surface area contributed by atoms with Crippen molar-refractivity contribution in [3.8, 4) is 0 Å². The Hall–Kier alpha value is -2.11. The molecule has 0 bridgehead atoms. The highest BCUT2D eigenvalue weighted by Crippen LogP contribution is 2.26. The number of hydrogen-bond donors (Lipinski definition) is 0. The average Bonchev–Trinajstić information content (AvgIpc) is 3.15. The van der Waals surface area contributed by atoms with Crippen LogP contribution in [0.25, 0.3) is 0 Å². The standard InChI is InChI=1S/C26H36N4O/c1-27-24-12-15-28(19-21-8-4-2-5-9-21)20-22(24)18-25(27)26(31)30-16-10-23(11-17-30)29-13-6-3-7-14-29/h2,4-5,8-9,18,23H,3,6-7,10-17,19-20H2,1H3. The molecule has 0 radical (unpaired) electrons. The summed E-state index contributed by atoms with van der Waals surface area (Å²) in [7, 11) is 2.08. The number of fused-ring (bicyclic) bond motifs is 1. The first-order chi connectivity index (χ1) is 15.2. The van der Waals surface area contributed by atoms with Gasteiger partial charge < -0.3 is 14.4 Å². The molecular weight excluding hydrogens is 384 g/mol. The van der Waals surface area contributed by atoms with Crippen molar-refractivity contribution in [1.29, 1.82) is 0 Å². The van der Waals surface area contributed by atoms with E-state index in [1.807, 2.05) is 0 Å². The Morgan fingerprint density at radius 2 is 1.71 bits per heavy atom. The molecular formula is C26H36N4O. The summed E-state index contributed by atoms with van der Waals surface area (Å²) in [6, 6.07) is 13.5. The minimum atomic E-state index is 0.226. The molecule has 166 valence electrons. The summed E-state index contributed by atoms with van der Waals surface area (Å²) < 4.78 is 2.17. The minimum absolute atomic E-state index is 0.226. The molecule has 2 aromatic rings. The van der Waals surface area contributed by atoms with Gasteiger partial charge in [0.15, 0.2) is 0 Å². The van der Waals surface area contributed by atoms with Gasteiger partial charge in [0, 0.05) is 57.9 Å². The number of amides is 1. The summed E-state index contributed by atoms with van der Waals surface area (Å²) in [5.41, 5.74) is 4.91. The number of rotatable bonds is 4. The van der Waals surface area contributed by atoms with Crippen molar-refractivity contribution in [3.63, 3.8) is 0 Å². The van der Waals surface area contributed by atoms with Crippen LogP contribution >= 0.6 is 0 Å². The third kappa shape index (κ3) is 4.44. The predicted octanol–water partition coefficient (Wildman–Crippen LogP) is 3.67. The molecule has 4 heterocycles. The maximum absolute atomic E-state index is 13.4. The van der Waals surface area contributed by atoms with Crippen molar-refractivity contribution in [2.75, 3.05) is 32.7 Å². The van der Waals surface area contributed by atoms with Crippen LogP contribution in [0.3, 0.4) is 0 Å². The van der Waals surface area contributed by atoms with Gasteiger partial charge in [0.1, 0.15) is 5.69 Å². The van der Waals surface area contributed by atoms with Crippen molar-refractivity contribution in [3.05, 3.63) is 58.9 Å². The maximum atomic E-state index is 13.4. The summed E-state index contributed by atoms with van der Waals surface area (Å²) in [5.74, 6) is 0.226. The first-order valence-electron chi connectivity index (χ1n) is 12.2. The summed E-state index contributed by atoms with van der Waals surface area (Å²) in [6.07, 6.45) is 7.34. The van der Waals surface area contributed by atoms with Gasteiger partial charge in [0.25, 0.3) is 5.91 Å². The lowest BCUT2D eigenvalue weighted by atomic mass is 9.99. The van der Waals surface area contributed by atoms with Crippen LogP contribution in [0.5, 0.6) is 0 Å². The maximum Gasteiger partial charge on any atom is 0.270 e. The fraction of sp³-hybridized carbons (Fsp3) is 0.577. The SMILES string of the molecule is Cn1c(C(=O)N2CCC(N3CCCCC3)CC2)cc2c1CCN(Cc1ccccc1)C2. The number of carbonyl (C=O) groups is 1. The summed E-state index contributed by atoms with van der Waals surface area (Å²) in [4.78, 5) is 20.6. The van der Waals surface area contributed by atoms with E-state index in [4.69, 9.17) is 0 Å². The first-order valence-corrected chi connectivity index (χ1v) is 12.2. The molecule has 0 atom stereocenters. The van der Waals surface area contributed by atoms with Gasteiger partial charge in [-0.05, 0) is 56.0 Å². The number of aromatic nitrogens is 1. The van der Waals surface area contributed by atoms with Crippen molar-refractivity contribution in [2.45, 2.75) is 57.7 Å². The van der Waals surface area contributed by atoms with E-state index in [9.17, 15) is 4.79 Å². The molecule has 5 heteroatoms. The van der Waals surface area contributed by atoms with E-state index in [2.05, 4.69) is 62.7 Å². The van der Waals surface area contributed by atoms with E-state index in [0.717, 1.165) is 57.7 Å². The number of benzene rings is 1. The monoisotopic (exact) mass is 420 g/mol. The highest BCUT2D eigenvalue weighted by Gasteiger charge is 2.30. The molecule has 5 nitrogen and oxygen atoms in total. The van der Waals surface area contributed by atoms with Gasteiger partial charge >= 0.3 is 0 Å². The Labute approximate surface area is 186 Å². The van der Waals surface area contributed by atoms with Crippen LogP contribution in [0.4, 0.5) is 0 Å². The Morgan fingerprint density at radius 1 is 0.968 bits per heavy atom. The smallest absolute Gasteiger partial charge is 0.270 e. The normalized spacial score (nSPS) is 21.3. The number of hydrogen-bond acceptors (Lipinski definition) is 3. The van der Waals surface area contributed by atoms with Crippen LogP contribution < -0.4 is 0 Å². The molecule has 1 aromatic carbocycles. The van der Waals surface area contributed by atoms with Gasteiger partial charge in [-0.2, -0.15) is 0 Å². The minimum Gasteiger partial charge on any atom is -0.343 e. The summed E-state index contributed by atoms with van der Waals surface area (Å²) in [5, 5.41) is 0. The zero-order valence-corrected chi connectivity index (χ0v) is 18.9. The quantitative estimate of drug-likeness (QED) is 0.756. The highest BCUT2D eigenvalue weighted by molar-refractivity contribution is 5.93. The zero-order valence-electron chi connectivity index (χ0n) is 18.9. The third-order valence-corrected chi connectivity index (χ3v) is 7.63. The highest BCUT2D eigenvalue weighted by atomic mass is 16.2. The molecule has 3 aliphatic rings. The van der Waals surface area contributed by atoms with Gasteiger partial charge in [-0.3, -0.25) is 9.69 Å². The molecule has 0 aliphatic carbocycles. The van der Waals surface area contributed by atoms with Crippen molar-refractivity contribution >= 4 is 5.91 Å². The molecule has 2 saturated heterocycles. The Morgan fingerprint density at radius 3 is 2.45 bits per heavy atom. The largest absolute Gasteiger partial charge is 0.343 e. The van der Waals surface area contributed by atoms with Crippen LogP contribution in [0.15, 0.2) is 36.4 Å². The average molecular weight is 421 g/mol. The van der Waals surface area contributed by atoms with E-state index in [1.165, 1.54) is 49.2 Å². The van der Waals surface area contributed by atoms with E-state index in [-0.39, 0.29) is 5.91 Å². The van der Waals surface area contributed by atoms with Crippen molar-refractivity contribution in [1.82, 2.24) is 19.3 Å². The topological polar surface area (TPSA) is 31.7 Å². The van der Waals surface area contributed by atoms with Gasteiger partial charge in [0.05, 0.1) is 0 Å². The molecule has 1 amide bonds. The Bertz CT molecular complexity index is 892. The Kier molecular flexibility index (Phi) is 6.15. The number of carbonyl (C=O) groups excluding carboxylic acids is 1. The first kappa shape index (κ1) is 20.8. The van der Waals surface area contributed by atoms with Crippen LogP contribution in [0.1, 0.15) is 59.4 Å². The summed E-state index contributed by atoms with van der Waals surface area (Å²) in [6.45, 7) is 7.26. The lowest BCUT2D eigenvalue weighted by molar-refractivity contribution is 0.0581.